The van der Waals surface area contributed by atoms with E-state index in [1.165, 1.54) is 10.6 Å². The molecule has 0 aliphatic carbocycles. The van der Waals surface area contributed by atoms with Gasteiger partial charge < -0.3 is 4.90 Å². The summed E-state index contributed by atoms with van der Waals surface area (Å²) in [7, 11) is 1.94. The van der Waals surface area contributed by atoms with Crippen molar-refractivity contribution in [1.29, 1.82) is 0 Å². The van der Waals surface area contributed by atoms with E-state index in [-0.39, 0.29) is 5.46 Å². The van der Waals surface area contributed by atoms with Crippen LogP contribution in [0.2, 0.25) is 0 Å². The lowest BCUT2D eigenvalue weighted by Crippen LogP contribution is -3.00. The highest BCUT2D eigenvalue weighted by molar-refractivity contribution is 6.32. The van der Waals surface area contributed by atoms with Gasteiger partial charge in [0.2, 0.25) is 0 Å². The smallest absolute Gasteiger partial charge is 0.161 e. The van der Waals surface area contributed by atoms with Gasteiger partial charge in [0.25, 0.3) is 0 Å². The van der Waals surface area contributed by atoms with Crippen LogP contribution in [-0.4, -0.2) is 21.9 Å². The largest absolute Gasteiger partial charge is 0.307 e. The van der Waals surface area contributed by atoms with Crippen molar-refractivity contribution in [3.8, 4) is 0 Å². The van der Waals surface area contributed by atoms with Gasteiger partial charge in [0.05, 0.1) is 14.1 Å². The standard InChI is InChI=1S/C8H11N.C7H6BF4.CH4/c1-9(2)8-6-4-3-5-7-8;1-2-4(9)6(11)3(8)7(12)5(2)10;/h3-7H,1-2H3;1,8H3;1H4/q;-1;/p+1/i;;1D3. The molecular formula is C16H22BF4N. The molecule has 0 radical (unpaired) electrons. The summed E-state index contributed by atoms with van der Waals surface area (Å²) < 4.78 is 68.6. The molecule has 1 N–H and O–H groups in total. The lowest BCUT2D eigenvalue weighted by Gasteiger charge is -2.08. The Morgan fingerprint density at radius 1 is 0.955 bits per heavy atom. The summed E-state index contributed by atoms with van der Waals surface area (Å²) >= 11 is 0. The summed E-state index contributed by atoms with van der Waals surface area (Å²) in [5, 5.41) is 0. The number of para-hydroxylation sites is 1. The summed E-state index contributed by atoms with van der Waals surface area (Å²) in [6, 6.07) is 10.4. The molecule has 0 amide bonds. The Morgan fingerprint density at radius 2 is 1.36 bits per heavy atom. The maximum absolute atomic E-state index is 12.7. The van der Waals surface area contributed by atoms with Crippen LogP contribution in [0, 0.1) is 30.2 Å². The molecule has 2 aromatic rings. The zero-order valence-corrected chi connectivity index (χ0v) is 12.0. The third-order valence-corrected chi connectivity index (χ3v) is 2.61. The van der Waals surface area contributed by atoms with Crippen LogP contribution in [0.15, 0.2) is 30.3 Å². The van der Waals surface area contributed by atoms with Crippen LogP contribution in [0.25, 0.3) is 0 Å². The first-order valence-corrected chi connectivity index (χ1v) is 5.92. The Labute approximate surface area is 134 Å². The van der Waals surface area contributed by atoms with Gasteiger partial charge in [0.1, 0.15) is 17.3 Å². The molecule has 0 aliphatic rings. The zero-order chi connectivity index (χ0) is 19.7. The van der Waals surface area contributed by atoms with Gasteiger partial charge >= 0.3 is 0 Å². The zero-order valence-electron chi connectivity index (χ0n) is 15.0. The molecule has 0 aliphatic heterocycles. The van der Waals surface area contributed by atoms with E-state index in [1.54, 1.807) is 0 Å². The number of hydrogen-bond acceptors (Lipinski definition) is 0. The molecule has 0 fully saturated rings. The molecule has 0 unspecified atom stereocenters. The summed E-state index contributed by atoms with van der Waals surface area (Å²) in [5.74, 6) is -4.96. The lowest BCUT2D eigenvalue weighted by atomic mass is 9.93. The third kappa shape index (κ3) is 4.60. The van der Waals surface area contributed by atoms with Gasteiger partial charge in [-0.2, -0.15) is 0 Å². The molecule has 0 bridgehead atoms. The van der Waals surface area contributed by atoms with Gasteiger partial charge in [0, 0.05) is 9.68 Å². The first-order chi connectivity index (χ1) is 11.5. The predicted molar refractivity (Wildman–Crippen MR) is 86.2 cm³/mol. The Hall–Kier alpha value is -1.82. The van der Waals surface area contributed by atoms with Gasteiger partial charge in [-0.25, -0.2) is 17.6 Å². The fourth-order valence-electron chi connectivity index (χ4n) is 1.40. The van der Waals surface area contributed by atoms with Crippen LogP contribution in [0.5, 0.6) is 0 Å². The molecule has 22 heavy (non-hydrogen) atoms. The van der Waals surface area contributed by atoms with E-state index in [1.807, 2.05) is 6.07 Å². The van der Waals surface area contributed by atoms with Crippen LogP contribution in [-0.2, 0) is 0 Å². The van der Waals surface area contributed by atoms with Crippen molar-refractivity contribution in [3.63, 3.8) is 0 Å². The number of nitrogens with one attached hydrogen (secondary N) is 1. The summed E-state index contributed by atoms with van der Waals surface area (Å²) in [6.45, 7) is 1.01. The third-order valence-electron chi connectivity index (χ3n) is 2.61. The van der Waals surface area contributed by atoms with Crippen molar-refractivity contribution in [3.05, 3.63) is 59.2 Å². The Bertz CT molecular complexity index is 562. The molecule has 2 rings (SSSR count). The quantitative estimate of drug-likeness (QED) is 0.463. The van der Waals surface area contributed by atoms with Gasteiger partial charge in [0.15, 0.2) is 11.6 Å². The highest BCUT2D eigenvalue weighted by Crippen LogP contribution is 2.15. The Morgan fingerprint density at radius 3 is 1.68 bits per heavy atom. The van der Waals surface area contributed by atoms with Crippen LogP contribution in [0.4, 0.5) is 23.2 Å². The minimum absolute atomic E-state index is 0.379. The second-order valence-electron chi connectivity index (χ2n) is 4.37. The first-order valence-electron chi connectivity index (χ1n) is 7.65. The molecule has 0 saturated carbocycles. The monoisotopic (exact) mass is 318 g/mol. The highest BCUT2D eigenvalue weighted by Gasteiger charge is 2.16. The van der Waals surface area contributed by atoms with Gasteiger partial charge in [-0.05, 0) is 26.9 Å². The van der Waals surface area contributed by atoms with E-state index in [2.05, 4.69) is 38.4 Å². The second-order valence-corrected chi connectivity index (χ2v) is 4.37. The van der Waals surface area contributed by atoms with Crippen molar-refractivity contribution in [2.75, 3.05) is 14.1 Å². The average molecular weight is 318 g/mol. The normalized spacial score (nSPS) is 11.6. The topological polar surface area (TPSA) is 4.44 Å². The number of halogens is 4. The summed E-state index contributed by atoms with van der Waals surface area (Å²) in [5.41, 5.74) is 0.363. The molecule has 6 heteroatoms. The summed E-state index contributed by atoms with van der Waals surface area (Å²) in [6.07, 6.45) is 0. The fourth-order valence-corrected chi connectivity index (χ4v) is 1.40. The molecule has 0 saturated heterocycles. The first kappa shape index (κ1) is 15.1. The Balaban J connectivity index is 0.000000391. The SMILES string of the molecule is C[NH+](C)c1ccccc1.[2H]C([2H])[2H].[BH3-]c1c(F)c(F)c(C)c(F)c1F. The van der Waals surface area contributed by atoms with Crippen molar-refractivity contribution >= 4 is 19.0 Å². The van der Waals surface area contributed by atoms with Gasteiger partial charge in [-0.3, -0.25) is 0 Å². The van der Waals surface area contributed by atoms with E-state index in [0.29, 0.717) is 0 Å². The molecular weight excluding hydrogens is 293 g/mol. The number of rotatable bonds is 1. The second kappa shape index (κ2) is 8.58. The van der Waals surface area contributed by atoms with Crippen molar-refractivity contribution in [2.24, 2.45) is 0 Å². The molecule has 2 aromatic carbocycles. The minimum Gasteiger partial charge on any atom is -0.307 e. The van der Waals surface area contributed by atoms with Crippen molar-refractivity contribution in [2.45, 2.75) is 14.3 Å². The molecule has 1 nitrogen and oxygen atoms in total. The van der Waals surface area contributed by atoms with E-state index in [4.69, 9.17) is 4.11 Å². The maximum atomic E-state index is 12.7. The lowest BCUT2D eigenvalue weighted by molar-refractivity contribution is -0.786. The Kier molecular flexibility index (Phi) is 5.89. The average Bonchev–Trinajstić information content (AvgIpc) is 2.57. The van der Waals surface area contributed by atoms with Gasteiger partial charge in [-0.15, -0.1) is 5.46 Å². The molecule has 0 heterocycles. The highest BCUT2D eigenvalue weighted by atomic mass is 19.2. The number of benzene rings is 2. The maximum Gasteiger partial charge on any atom is 0.161 e. The fraction of sp³-hybridized carbons (Fsp3) is 0.250. The summed E-state index contributed by atoms with van der Waals surface area (Å²) in [4.78, 5) is 1.37. The van der Waals surface area contributed by atoms with E-state index < -0.39 is 44.0 Å². The number of quaternary nitrogens is 1. The van der Waals surface area contributed by atoms with Gasteiger partial charge in [-0.1, -0.05) is 25.6 Å². The van der Waals surface area contributed by atoms with E-state index in [0.717, 1.165) is 6.92 Å². The predicted octanol–water partition coefficient (Wildman–Crippen LogP) is 1.64. The van der Waals surface area contributed by atoms with Crippen molar-refractivity contribution in [1.82, 2.24) is 0 Å². The molecule has 0 spiro atoms. The number of hydrogen-bond donors (Lipinski definition) is 1. The van der Waals surface area contributed by atoms with E-state index in [9.17, 15) is 17.6 Å². The van der Waals surface area contributed by atoms with Crippen LogP contribution >= 0.6 is 0 Å². The molecule has 122 valence electrons. The van der Waals surface area contributed by atoms with E-state index >= 15 is 0 Å². The van der Waals surface area contributed by atoms with Crippen molar-refractivity contribution < 1.29 is 26.6 Å². The van der Waals surface area contributed by atoms with Crippen LogP contribution in [0.1, 0.15) is 17.0 Å². The van der Waals surface area contributed by atoms with Crippen LogP contribution < -0.4 is 10.4 Å². The minimum atomic E-state index is -1.42. The molecule has 0 aromatic heterocycles. The van der Waals surface area contributed by atoms with Crippen LogP contribution in [0.3, 0.4) is 0 Å². The molecule has 0 atom stereocenters.